The van der Waals surface area contributed by atoms with Crippen LogP contribution in [0.1, 0.15) is 27.3 Å². The summed E-state index contributed by atoms with van der Waals surface area (Å²) in [6, 6.07) is 11.1. The molecular weight excluding hydrogens is 392 g/mol. The Bertz CT molecular complexity index is 1190. The van der Waals surface area contributed by atoms with Gasteiger partial charge in [0.15, 0.2) is 11.6 Å². The largest absolute Gasteiger partial charge is 0.378 e. The summed E-state index contributed by atoms with van der Waals surface area (Å²) in [5, 5.41) is 14.7. The lowest BCUT2D eigenvalue weighted by molar-refractivity contribution is 0.0951. The minimum Gasteiger partial charge on any atom is -0.378 e. The molecule has 0 atom stereocenters. The Hall–Kier alpha value is -4.14. The van der Waals surface area contributed by atoms with Gasteiger partial charge >= 0.3 is 0 Å². The van der Waals surface area contributed by atoms with Crippen LogP contribution in [0.15, 0.2) is 61.3 Å². The maximum atomic E-state index is 12.5. The van der Waals surface area contributed by atoms with Crippen molar-refractivity contribution in [3.05, 3.63) is 83.8 Å². The zero-order chi connectivity index (χ0) is 21.6. The van der Waals surface area contributed by atoms with Crippen molar-refractivity contribution >= 4 is 11.6 Å². The Labute approximate surface area is 179 Å². The van der Waals surface area contributed by atoms with E-state index >= 15 is 0 Å². The number of amides is 1. The molecule has 1 amide bonds. The number of nitrogens with one attached hydrogen (secondary N) is 2. The predicted molar refractivity (Wildman–Crippen MR) is 116 cm³/mol. The van der Waals surface area contributed by atoms with Crippen molar-refractivity contribution < 1.29 is 4.79 Å². The average Bonchev–Trinajstić information content (AvgIpc) is 3.17. The molecule has 0 saturated heterocycles. The highest BCUT2D eigenvalue weighted by Gasteiger charge is 2.12. The first kappa shape index (κ1) is 20.1. The van der Waals surface area contributed by atoms with Crippen LogP contribution in [0.5, 0.6) is 0 Å². The van der Waals surface area contributed by atoms with Gasteiger partial charge in [0, 0.05) is 43.4 Å². The molecule has 0 saturated carbocycles. The van der Waals surface area contributed by atoms with E-state index in [9.17, 15) is 4.79 Å². The first-order valence-corrected chi connectivity index (χ1v) is 9.77. The number of hydrogen-bond acceptors (Lipinski definition) is 7. The average molecular weight is 414 g/mol. The van der Waals surface area contributed by atoms with E-state index in [2.05, 4.69) is 35.8 Å². The van der Waals surface area contributed by atoms with E-state index in [1.807, 2.05) is 42.8 Å². The quantitative estimate of drug-likeness (QED) is 0.478. The first-order chi connectivity index (χ1) is 15.1. The normalized spacial score (nSPS) is 10.6. The Balaban J connectivity index is 1.39. The van der Waals surface area contributed by atoms with E-state index in [1.165, 1.54) is 6.33 Å². The molecule has 0 aliphatic carbocycles. The number of carbonyl (C=O) groups excluding carboxylic acids is 1. The van der Waals surface area contributed by atoms with E-state index in [1.54, 1.807) is 30.7 Å². The summed E-state index contributed by atoms with van der Waals surface area (Å²) in [5.74, 6) is 1.27. The topological polar surface area (TPSA) is 111 Å². The summed E-state index contributed by atoms with van der Waals surface area (Å²) in [4.78, 5) is 24.8. The Morgan fingerprint density at radius 3 is 2.77 bits per heavy atom. The molecule has 0 aliphatic heterocycles. The highest BCUT2D eigenvalue weighted by molar-refractivity contribution is 5.95. The standard InChI is InChI=1S/C22H22N8O/c1-15-8-16(11-24-10-15)12-26-22(31)17-4-3-5-18(9-17)25-13-20-28-29-21(30(20)2)19-6-7-23-14-27-19/h3-11,14,25H,12-13H2,1-2H3,(H,26,31). The van der Waals surface area contributed by atoms with Gasteiger partial charge in [-0.15, -0.1) is 10.2 Å². The predicted octanol–water partition coefficient (Wildman–Crippen LogP) is 2.52. The Morgan fingerprint density at radius 2 is 1.97 bits per heavy atom. The smallest absolute Gasteiger partial charge is 0.251 e. The van der Waals surface area contributed by atoms with Gasteiger partial charge in [0.2, 0.25) is 0 Å². The molecule has 1 aromatic carbocycles. The first-order valence-electron chi connectivity index (χ1n) is 9.77. The minimum absolute atomic E-state index is 0.144. The van der Waals surface area contributed by atoms with Gasteiger partial charge in [0.1, 0.15) is 12.0 Å². The van der Waals surface area contributed by atoms with Crippen LogP contribution in [0.25, 0.3) is 11.5 Å². The van der Waals surface area contributed by atoms with Gasteiger partial charge in [-0.1, -0.05) is 12.1 Å². The van der Waals surface area contributed by atoms with Crippen LogP contribution in [0.3, 0.4) is 0 Å². The molecule has 0 radical (unpaired) electrons. The van der Waals surface area contributed by atoms with E-state index in [4.69, 9.17) is 0 Å². The molecule has 9 heteroatoms. The number of anilines is 1. The van der Waals surface area contributed by atoms with Gasteiger partial charge in [0.25, 0.3) is 5.91 Å². The lowest BCUT2D eigenvalue weighted by Crippen LogP contribution is -2.23. The Kier molecular flexibility index (Phi) is 5.93. The Morgan fingerprint density at radius 1 is 1.06 bits per heavy atom. The number of carbonyl (C=O) groups is 1. The molecule has 0 spiro atoms. The van der Waals surface area contributed by atoms with Gasteiger partial charge in [0.05, 0.1) is 6.54 Å². The second kappa shape index (κ2) is 9.12. The van der Waals surface area contributed by atoms with Crippen molar-refractivity contribution in [2.24, 2.45) is 7.05 Å². The van der Waals surface area contributed by atoms with Crippen LogP contribution in [0.2, 0.25) is 0 Å². The lowest BCUT2D eigenvalue weighted by atomic mass is 10.1. The van der Waals surface area contributed by atoms with E-state index < -0.39 is 0 Å². The summed E-state index contributed by atoms with van der Waals surface area (Å²) >= 11 is 0. The number of aromatic nitrogens is 6. The summed E-state index contributed by atoms with van der Waals surface area (Å²) in [7, 11) is 1.89. The second-order valence-electron chi connectivity index (χ2n) is 7.08. The van der Waals surface area contributed by atoms with Crippen LogP contribution in [0.4, 0.5) is 5.69 Å². The molecule has 156 valence electrons. The summed E-state index contributed by atoms with van der Waals surface area (Å²) in [5.41, 5.74) is 4.12. The van der Waals surface area contributed by atoms with Gasteiger partial charge in [-0.25, -0.2) is 9.97 Å². The number of aryl methyl sites for hydroxylation is 1. The van der Waals surface area contributed by atoms with Crippen molar-refractivity contribution in [3.63, 3.8) is 0 Å². The zero-order valence-corrected chi connectivity index (χ0v) is 17.3. The SMILES string of the molecule is Cc1cncc(CNC(=O)c2cccc(NCc3nnc(-c4ccncn4)n3C)c2)c1. The zero-order valence-electron chi connectivity index (χ0n) is 17.3. The molecule has 0 unspecified atom stereocenters. The van der Waals surface area contributed by atoms with Crippen molar-refractivity contribution in [2.75, 3.05) is 5.32 Å². The second-order valence-corrected chi connectivity index (χ2v) is 7.08. The molecule has 4 rings (SSSR count). The molecule has 0 aliphatic rings. The molecule has 4 aromatic rings. The third-order valence-electron chi connectivity index (χ3n) is 4.74. The monoisotopic (exact) mass is 414 g/mol. The van der Waals surface area contributed by atoms with Crippen LogP contribution >= 0.6 is 0 Å². The van der Waals surface area contributed by atoms with Crippen LogP contribution < -0.4 is 10.6 Å². The van der Waals surface area contributed by atoms with Gasteiger partial charge in [-0.2, -0.15) is 0 Å². The van der Waals surface area contributed by atoms with Crippen molar-refractivity contribution in [2.45, 2.75) is 20.0 Å². The van der Waals surface area contributed by atoms with Gasteiger partial charge in [-0.3, -0.25) is 9.78 Å². The van der Waals surface area contributed by atoms with Crippen molar-refractivity contribution in [1.29, 1.82) is 0 Å². The summed E-state index contributed by atoms with van der Waals surface area (Å²) in [6.45, 7) is 2.85. The highest BCUT2D eigenvalue weighted by atomic mass is 16.1. The van der Waals surface area contributed by atoms with E-state index in [0.717, 1.165) is 22.6 Å². The highest BCUT2D eigenvalue weighted by Crippen LogP contribution is 2.16. The van der Waals surface area contributed by atoms with Gasteiger partial charge in [-0.05, 0) is 42.3 Å². The number of rotatable bonds is 7. The van der Waals surface area contributed by atoms with E-state index in [-0.39, 0.29) is 5.91 Å². The molecule has 0 bridgehead atoms. The van der Waals surface area contributed by atoms with Crippen LogP contribution in [0, 0.1) is 6.92 Å². The maximum absolute atomic E-state index is 12.5. The molecule has 2 N–H and O–H groups in total. The van der Waals surface area contributed by atoms with Crippen LogP contribution in [-0.4, -0.2) is 35.6 Å². The fourth-order valence-corrected chi connectivity index (χ4v) is 3.11. The number of nitrogens with zero attached hydrogens (tertiary/aromatic N) is 6. The summed E-state index contributed by atoms with van der Waals surface area (Å²) < 4.78 is 1.88. The fraction of sp³-hybridized carbons (Fsp3) is 0.182. The third-order valence-corrected chi connectivity index (χ3v) is 4.74. The number of hydrogen-bond donors (Lipinski definition) is 2. The lowest BCUT2D eigenvalue weighted by Gasteiger charge is -2.09. The summed E-state index contributed by atoms with van der Waals surface area (Å²) in [6.07, 6.45) is 6.69. The number of pyridine rings is 1. The molecule has 3 aromatic heterocycles. The van der Waals surface area contributed by atoms with E-state index in [0.29, 0.717) is 30.2 Å². The maximum Gasteiger partial charge on any atom is 0.251 e. The van der Waals surface area contributed by atoms with Crippen molar-refractivity contribution in [1.82, 2.24) is 35.0 Å². The molecular formula is C22H22N8O. The molecule has 0 fully saturated rings. The number of benzene rings is 1. The minimum atomic E-state index is -0.144. The van der Waals surface area contributed by atoms with Crippen LogP contribution in [-0.2, 0) is 20.1 Å². The molecule has 3 heterocycles. The van der Waals surface area contributed by atoms with Gasteiger partial charge < -0.3 is 15.2 Å². The molecule has 31 heavy (non-hydrogen) atoms. The third kappa shape index (κ3) is 4.89. The fourth-order valence-electron chi connectivity index (χ4n) is 3.11. The molecule has 9 nitrogen and oxygen atoms in total. The van der Waals surface area contributed by atoms with Crippen molar-refractivity contribution in [3.8, 4) is 11.5 Å².